The van der Waals surface area contributed by atoms with E-state index in [2.05, 4.69) is 23.6 Å². The first kappa shape index (κ1) is 15.8. The molecule has 1 aliphatic carbocycles. The monoisotopic (exact) mass is 330 g/mol. The molecule has 0 spiro atoms. The summed E-state index contributed by atoms with van der Waals surface area (Å²) >= 11 is 0. The van der Waals surface area contributed by atoms with Crippen LogP contribution in [0.25, 0.3) is 0 Å². The Labute approximate surface area is 143 Å². The Bertz CT molecular complexity index is 625. The molecule has 5 heteroatoms. The van der Waals surface area contributed by atoms with Gasteiger partial charge in [0.2, 0.25) is 5.91 Å². The van der Waals surface area contributed by atoms with E-state index in [0.29, 0.717) is 19.1 Å². The van der Waals surface area contributed by atoms with Crippen LogP contribution in [0, 0.1) is 11.3 Å². The maximum Gasteiger partial charge on any atom is 0.223 e. The minimum atomic E-state index is 0.109. The van der Waals surface area contributed by atoms with Crippen molar-refractivity contribution in [2.45, 2.75) is 32.1 Å². The van der Waals surface area contributed by atoms with E-state index in [4.69, 9.17) is 9.47 Å². The summed E-state index contributed by atoms with van der Waals surface area (Å²) in [5, 5.41) is 6.58. The zero-order valence-corrected chi connectivity index (χ0v) is 14.3. The van der Waals surface area contributed by atoms with Crippen LogP contribution < -0.4 is 20.1 Å². The number of carbonyl (C=O) groups is 1. The SMILES string of the molecule is CC1(CNC(=O)C2CC2c2ccc3c(c2)OCCO3)CCNCC1. The summed E-state index contributed by atoms with van der Waals surface area (Å²) in [6, 6.07) is 6.08. The molecule has 1 saturated carbocycles. The molecule has 2 unspecified atom stereocenters. The molecule has 130 valence electrons. The Hall–Kier alpha value is -1.75. The predicted molar refractivity (Wildman–Crippen MR) is 91.5 cm³/mol. The van der Waals surface area contributed by atoms with Gasteiger partial charge in [0.25, 0.3) is 0 Å². The van der Waals surface area contributed by atoms with Crippen LogP contribution in [0.1, 0.15) is 37.7 Å². The van der Waals surface area contributed by atoms with Crippen LogP contribution in [0.4, 0.5) is 0 Å². The van der Waals surface area contributed by atoms with Crippen molar-refractivity contribution < 1.29 is 14.3 Å². The molecule has 2 fully saturated rings. The van der Waals surface area contributed by atoms with Gasteiger partial charge < -0.3 is 20.1 Å². The van der Waals surface area contributed by atoms with Crippen molar-refractivity contribution in [1.29, 1.82) is 0 Å². The van der Waals surface area contributed by atoms with Gasteiger partial charge in [0.1, 0.15) is 13.2 Å². The number of benzene rings is 1. The third-order valence-electron chi connectivity index (χ3n) is 5.62. The smallest absolute Gasteiger partial charge is 0.223 e. The van der Waals surface area contributed by atoms with Gasteiger partial charge in [-0.3, -0.25) is 4.79 Å². The van der Waals surface area contributed by atoms with E-state index in [-0.39, 0.29) is 17.2 Å². The third-order valence-corrected chi connectivity index (χ3v) is 5.62. The molecule has 0 aromatic heterocycles. The normalized spacial score (nSPS) is 27.4. The Morgan fingerprint density at radius 1 is 1.25 bits per heavy atom. The molecular formula is C19H26N2O3. The summed E-state index contributed by atoms with van der Waals surface area (Å²) in [4.78, 5) is 12.5. The minimum Gasteiger partial charge on any atom is -0.486 e. The molecule has 5 nitrogen and oxygen atoms in total. The number of ether oxygens (including phenoxy) is 2. The van der Waals surface area contributed by atoms with Crippen molar-refractivity contribution in [3.8, 4) is 11.5 Å². The molecule has 1 aromatic rings. The molecule has 1 aromatic carbocycles. The van der Waals surface area contributed by atoms with Gasteiger partial charge in [-0.05, 0) is 61.4 Å². The highest BCUT2D eigenvalue weighted by Crippen LogP contribution is 2.49. The maximum absolute atomic E-state index is 12.5. The van der Waals surface area contributed by atoms with Crippen molar-refractivity contribution in [1.82, 2.24) is 10.6 Å². The van der Waals surface area contributed by atoms with E-state index in [1.165, 1.54) is 5.56 Å². The van der Waals surface area contributed by atoms with Crippen LogP contribution in [-0.2, 0) is 4.79 Å². The number of hydrogen-bond acceptors (Lipinski definition) is 4. The van der Waals surface area contributed by atoms with E-state index in [0.717, 1.165) is 50.4 Å². The summed E-state index contributed by atoms with van der Waals surface area (Å²) in [5.41, 5.74) is 1.43. The van der Waals surface area contributed by atoms with E-state index >= 15 is 0 Å². The van der Waals surface area contributed by atoms with Gasteiger partial charge in [0.05, 0.1) is 0 Å². The predicted octanol–water partition coefficient (Wildman–Crippen LogP) is 2.07. The zero-order valence-electron chi connectivity index (χ0n) is 14.3. The lowest BCUT2D eigenvalue weighted by atomic mass is 9.81. The number of piperidine rings is 1. The highest BCUT2D eigenvalue weighted by molar-refractivity contribution is 5.83. The van der Waals surface area contributed by atoms with Crippen LogP contribution in [0.3, 0.4) is 0 Å². The molecule has 2 N–H and O–H groups in total. The summed E-state index contributed by atoms with van der Waals surface area (Å²) in [5.74, 6) is 2.26. The van der Waals surface area contributed by atoms with Crippen LogP contribution >= 0.6 is 0 Å². The summed E-state index contributed by atoms with van der Waals surface area (Å²) in [7, 11) is 0. The molecule has 4 rings (SSSR count). The molecule has 3 aliphatic rings. The van der Waals surface area contributed by atoms with Gasteiger partial charge >= 0.3 is 0 Å². The number of fused-ring (bicyclic) bond motifs is 1. The largest absolute Gasteiger partial charge is 0.486 e. The molecule has 0 radical (unpaired) electrons. The fourth-order valence-electron chi connectivity index (χ4n) is 3.78. The van der Waals surface area contributed by atoms with Crippen LogP contribution in [0.15, 0.2) is 18.2 Å². The van der Waals surface area contributed by atoms with Crippen molar-refractivity contribution in [3.63, 3.8) is 0 Å². The Morgan fingerprint density at radius 3 is 2.79 bits per heavy atom. The lowest BCUT2D eigenvalue weighted by Crippen LogP contribution is -2.43. The number of nitrogens with one attached hydrogen (secondary N) is 2. The van der Waals surface area contributed by atoms with Gasteiger partial charge in [-0.2, -0.15) is 0 Å². The Kier molecular flexibility index (Phi) is 4.12. The van der Waals surface area contributed by atoms with Crippen molar-refractivity contribution in [2.75, 3.05) is 32.8 Å². The second-order valence-corrected chi connectivity index (χ2v) is 7.63. The summed E-state index contributed by atoms with van der Waals surface area (Å²) < 4.78 is 11.2. The topological polar surface area (TPSA) is 59.6 Å². The third kappa shape index (κ3) is 3.22. The van der Waals surface area contributed by atoms with E-state index in [9.17, 15) is 4.79 Å². The standard InChI is InChI=1S/C19H26N2O3/c1-19(4-6-20-7-5-19)12-21-18(22)15-11-14(15)13-2-3-16-17(10-13)24-9-8-23-16/h2-3,10,14-15,20H,4-9,11-12H2,1H3,(H,21,22). The number of rotatable bonds is 4. The van der Waals surface area contributed by atoms with Crippen molar-refractivity contribution >= 4 is 5.91 Å². The lowest BCUT2D eigenvalue weighted by Gasteiger charge is -2.34. The molecule has 24 heavy (non-hydrogen) atoms. The average Bonchev–Trinajstić information content (AvgIpc) is 3.41. The Balaban J connectivity index is 1.33. The molecular weight excluding hydrogens is 304 g/mol. The first-order valence-corrected chi connectivity index (χ1v) is 9.03. The van der Waals surface area contributed by atoms with E-state index in [1.807, 2.05) is 12.1 Å². The fraction of sp³-hybridized carbons (Fsp3) is 0.632. The van der Waals surface area contributed by atoms with Crippen LogP contribution in [0.5, 0.6) is 11.5 Å². The highest BCUT2D eigenvalue weighted by atomic mass is 16.6. The molecule has 0 bridgehead atoms. The van der Waals surface area contributed by atoms with Gasteiger partial charge in [-0.25, -0.2) is 0 Å². The highest BCUT2D eigenvalue weighted by Gasteiger charge is 2.44. The molecule has 1 saturated heterocycles. The van der Waals surface area contributed by atoms with Crippen LogP contribution in [0.2, 0.25) is 0 Å². The quantitative estimate of drug-likeness (QED) is 0.887. The second-order valence-electron chi connectivity index (χ2n) is 7.63. The van der Waals surface area contributed by atoms with Crippen molar-refractivity contribution in [2.24, 2.45) is 11.3 Å². The molecule has 1 amide bonds. The molecule has 2 heterocycles. The number of amides is 1. The summed E-state index contributed by atoms with van der Waals surface area (Å²) in [6.45, 7) is 6.37. The van der Waals surface area contributed by atoms with Crippen molar-refractivity contribution in [3.05, 3.63) is 23.8 Å². The van der Waals surface area contributed by atoms with E-state index < -0.39 is 0 Å². The number of carbonyl (C=O) groups excluding carboxylic acids is 1. The number of hydrogen-bond donors (Lipinski definition) is 2. The molecule has 2 atom stereocenters. The van der Waals surface area contributed by atoms with Gasteiger partial charge in [0, 0.05) is 12.5 Å². The summed E-state index contributed by atoms with van der Waals surface area (Å²) in [6.07, 6.45) is 3.19. The molecule has 2 aliphatic heterocycles. The first-order valence-electron chi connectivity index (χ1n) is 9.03. The van der Waals surface area contributed by atoms with Crippen LogP contribution in [-0.4, -0.2) is 38.8 Å². The lowest BCUT2D eigenvalue weighted by molar-refractivity contribution is -0.123. The van der Waals surface area contributed by atoms with Gasteiger partial charge in [0.15, 0.2) is 11.5 Å². The Morgan fingerprint density at radius 2 is 2.00 bits per heavy atom. The zero-order chi connectivity index (χ0) is 16.6. The average molecular weight is 330 g/mol. The van der Waals surface area contributed by atoms with Gasteiger partial charge in [-0.15, -0.1) is 0 Å². The second kappa shape index (κ2) is 6.28. The maximum atomic E-state index is 12.5. The van der Waals surface area contributed by atoms with E-state index in [1.54, 1.807) is 0 Å². The first-order chi connectivity index (χ1) is 11.6. The van der Waals surface area contributed by atoms with Gasteiger partial charge in [-0.1, -0.05) is 13.0 Å². The minimum absolute atomic E-state index is 0.109. The fourth-order valence-corrected chi connectivity index (χ4v) is 3.78.